The third kappa shape index (κ3) is 4.57. The number of carbonyl (C=O) groups excluding carboxylic acids is 1. The first-order valence-electron chi connectivity index (χ1n) is 8.56. The summed E-state index contributed by atoms with van der Waals surface area (Å²) < 4.78 is 13.2. The van der Waals surface area contributed by atoms with E-state index >= 15 is 0 Å². The molecule has 0 spiro atoms. The highest BCUT2D eigenvalue weighted by Crippen LogP contribution is 2.25. The van der Waals surface area contributed by atoms with Gasteiger partial charge in [-0.15, -0.1) is 0 Å². The average molecular weight is 326 g/mol. The first-order valence-corrected chi connectivity index (χ1v) is 8.56. The quantitative estimate of drug-likeness (QED) is 0.863. The molecule has 0 unspecified atom stereocenters. The van der Waals surface area contributed by atoms with Crippen LogP contribution in [0.2, 0.25) is 0 Å². The first kappa shape index (κ1) is 16.5. The maximum atomic E-state index is 13.2. The number of para-hydroxylation sites is 1. The van der Waals surface area contributed by atoms with Crippen LogP contribution in [0.15, 0.2) is 54.6 Å². The van der Waals surface area contributed by atoms with Gasteiger partial charge in [-0.05, 0) is 61.9 Å². The summed E-state index contributed by atoms with van der Waals surface area (Å²) in [6, 6.07) is 16.3. The van der Waals surface area contributed by atoms with E-state index in [0.717, 1.165) is 37.9 Å². The molecule has 0 atom stereocenters. The first-order chi connectivity index (χ1) is 11.7. The zero-order chi connectivity index (χ0) is 16.8. The lowest BCUT2D eigenvalue weighted by Gasteiger charge is -2.29. The maximum absolute atomic E-state index is 13.2. The molecule has 4 heteroatoms. The summed E-state index contributed by atoms with van der Waals surface area (Å²) in [7, 11) is 0. The van der Waals surface area contributed by atoms with Crippen LogP contribution in [-0.4, -0.2) is 18.5 Å². The van der Waals surface area contributed by atoms with Gasteiger partial charge in [0.25, 0.3) is 5.91 Å². The van der Waals surface area contributed by atoms with Gasteiger partial charge in [-0.3, -0.25) is 4.79 Å². The molecule has 24 heavy (non-hydrogen) atoms. The van der Waals surface area contributed by atoms with Crippen molar-refractivity contribution < 1.29 is 9.18 Å². The molecule has 1 fully saturated rings. The molecule has 2 aromatic carbocycles. The van der Waals surface area contributed by atoms with E-state index in [9.17, 15) is 9.18 Å². The second-order valence-electron chi connectivity index (χ2n) is 6.45. The van der Waals surface area contributed by atoms with Gasteiger partial charge in [0, 0.05) is 23.8 Å². The summed E-state index contributed by atoms with van der Waals surface area (Å²) in [5.74, 6) is 0.0752. The highest BCUT2D eigenvalue weighted by Gasteiger charge is 2.22. The van der Waals surface area contributed by atoms with Crippen molar-refractivity contribution in [1.29, 1.82) is 0 Å². The van der Waals surface area contributed by atoms with Gasteiger partial charge in [-0.25, -0.2) is 4.39 Å². The monoisotopic (exact) mass is 326 g/mol. The molecule has 0 radical (unpaired) electrons. The zero-order valence-corrected chi connectivity index (χ0v) is 13.7. The Kier molecular flexibility index (Phi) is 5.47. The Bertz CT molecular complexity index is 666. The van der Waals surface area contributed by atoms with E-state index in [1.165, 1.54) is 12.1 Å². The molecule has 1 aliphatic carbocycles. The fourth-order valence-corrected chi connectivity index (χ4v) is 3.23. The Morgan fingerprint density at radius 3 is 2.46 bits per heavy atom. The molecule has 2 N–H and O–H groups in total. The highest BCUT2D eigenvalue weighted by atomic mass is 19.1. The van der Waals surface area contributed by atoms with Crippen molar-refractivity contribution in [3.8, 4) is 0 Å². The van der Waals surface area contributed by atoms with Crippen LogP contribution in [0.3, 0.4) is 0 Å². The number of anilines is 1. The van der Waals surface area contributed by atoms with E-state index in [1.54, 1.807) is 12.1 Å². The number of benzene rings is 2. The third-order valence-corrected chi connectivity index (χ3v) is 4.64. The van der Waals surface area contributed by atoms with E-state index < -0.39 is 0 Å². The Hall–Kier alpha value is -2.36. The van der Waals surface area contributed by atoms with Gasteiger partial charge in [0.2, 0.25) is 0 Å². The molecule has 1 aliphatic rings. The molecule has 0 saturated heterocycles. The van der Waals surface area contributed by atoms with Crippen LogP contribution in [0, 0.1) is 11.7 Å². The fourth-order valence-electron chi connectivity index (χ4n) is 3.23. The Morgan fingerprint density at radius 2 is 1.75 bits per heavy atom. The number of rotatable bonds is 5. The molecule has 3 nitrogen and oxygen atoms in total. The molecular formula is C20H23FN2O. The van der Waals surface area contributed by atoms with Crippen molar-refractivity contribution in [2.24, 2.45) is 5.92 Å². The van der Waals surface area contributed by atoms with Crippen LogP contribution in [0.1, 0.15) is 36.0 Å². The van der Waals surface area contributed by atoms with Crippen LogP contribution in [0.25, 0.3) is 0 Å². The fraction of sp³-hybridized carbons (Fsp3) is 0.350. The lowest BCUT2D eigenvalue weighted by Crippen LogP contribution is -2.38. The summed E-state index contributed by atoms with van der Waals surface area (Å²) >= 11 is 0. The second kappa shape index (κ2) is 7.95. The van der Waals surface area contributed by atoms with Crippen LogP contribution in [0.5, 0.6) is 0 Å². The van der Waals surface area contributed by atoms with Gasteiger partial charge in [-0.2, -0.15) is 0 Å². The van der Waals surface area contributed by atoms with Crippen molar-refractivity contribution in [2.45, 2.75) is 31.7 Å². The summed E-state index contributed by atoms with van der Waals surface area (Å²) in [4.78, 5) is 12.2. The largest absolute Gasteiger partial charge is 0.385 e. The second-order valence-corrected chi connectivity index (χ2v) is 6.45. The van der Waals surface area contributed by atoms with Crippen molar-refractivity contribution in [2.75, 3.05) is 11.9 Å². The zero-order valence-electron chi connectivity index (χ0n) is 13.7. The summed E-state index contributed by atoms with van der Waals surface area (Å²) in [6.45, 7) is 0.967. The highest BCUT2D eigenvalue weighted by molar-refractivity contribution is 5.94. The minimum atomic E-state index is -0.377. The van der Waals surface area contributed by atoms with Gasteiger partial charge in [0.05, 0.1) is 0 Å². The molecule has 1 saturated carbocycles. The molecule has 1 amide bonds. The minimum Gasteiger partial charge on any atom is -0.385 e. The van der Waals surface area contributed by atoms with Gasteiger partial charge in [-0.1, -0.05) is 24.3 Å². The van der Waals surface area contributed by atoms with Crippen molar-refractivity contribution in [3.05, 3.63) is 66.0 Å². The number of halogens is 1. The standard InChI is InChI=1S/C20H23FN2O/c21-17-6-4-5-16(13-17)20(24)23-19-11-9-15(10-12-19)14-22-18-7-2-1-3-8-18/h1-8,13,15,19,22H,9-12,14H2,(H,23,24)/t15-,19-. The Balaban J connectivity index is 1.43. The minimum absolute atomic E-state index is 0.180. The predicted molar refractivity (Wildman–Crippen MR) is 94.5 cm³/mol. The molecule has 0 heterocycles. The van der Waals surface area contributed by atoms with Crippen molar-refractivity contribution >= 4 is 11.6 Å². The lowest BCUT2D eigenvalue weighted by molar-refractivity contribution is 0.0922. The summed E-state index contributed by atoms with van der Waals surface area (Å²) in [5.41, 5.74) is 1.54. The van der Waals surface area contributed by atoms with E-state index in [-0.39, 0.29) is 17.8 Å². The van der Waals surface area contributed by atoms with Crippen LogP contribution >= 0.6 is 0 Å². The summed E-state index contributed by atoms with van der Waals surface area (Å²) in [6.07, 6.45) is 4.13. The van der Waals surface area contributed by atoms with E-state index in [2.05, 4.69) is 22.8 Å². The lowest BCUT2D eigenvalue weighted by atomic mass is 9.86. The molecule has 0 bridgehead atoms. The van der Waals surface area contributed by atoms with Crippen LogP contribution in [-0.2, 0) is 0 Å². The number of hydrogen-bond donors (Lipinski definition) is 2. The normalized spacial score (nSPS) is 20.4. The Morgan fingerprint density at radius 1 is 1.00 bits per heavy atom. The van der Waals surface area contributed by atoms with E-state index in [1.807, 2.05) is 18.2 Å². The van der Waals surface area contributed by atoms with Crippen LogP contribution in [0.4, 0.5) is 10.1 Å². The smallest absolute Gasteiger partial charge is 0.251 e. The maximum Gasteiger partial charge on any atom is 0.251 e. The average Bonchev–Trinajstić information content (AvgIpc) is 2.62. The Labute approximate surface area is 142 Å². The topological polar surface area (TPSA) is 41.1 Å². The van der Waals surface area contributed by atoms with Gasteiger partial charge in [0.1, 0.15) is 5.82 Å². The third-order valence-electron chi connectivity index (χ3n) is 4.64. The SMILES string of the molecule is O=C(N[C@H]1CC[C@H](CNc2ccccc2)CC1)c1cccc(F)c1. The molecule has 0 aromatic heterocycles. The number of amides is 1. The molecule has 126 valence electrons. The molecule has 3 rings (SSSR count). The summed E-state index contributed by atoms with van der Waals surface area (Å²) in [5, 5.41) is 6.50. The molecule has 2 aromatic rings. The van der Waals surface area contributed by atoms with Gasteiger partial charge >= 0.3 is 0 Å². The number of carbonyl (C=O) groups is 1. The van der Waals surface area contributed by atoms with Gasteiger partial charge < -0.3 is 10.6 Å². The van der Waals surface area contributed by atoms with Crippen molar-refractivity contribution in [1.82, 2.24) is 5.32 Å². The van der Waals surface area contributed by atoms with E-state index in [0.29, 0.717) is 11.5 Å². The van der Waals surface area contributed by atoms with Crippen LogP contribution < -0.4 is 10.6 Å². The molecular weight excluding hydrogens is 303 g/mol. The molecule has 0 aliphatic heterocycles. The number of hydrogen-bond acceptors (Lipinski definition) is 2. The van der Waals surface area contributed by atoms with E-state index in [4.69, 9.17) is 0 Å². The number of nitrogens with one attached hydrogen (secondary N) is 2. The van der Waals surface area contributed by atoms with Gasteiger partial charge in [0.15, 0.2) is 0 Å². The van der Waals surface area contributed by atoms with Crippen molar-refractivity contribution in [3.63, 3.8) is 0 Å². The predicted octanol–water partition coefficient (Wildman–Crippen LogP) is 4.23.